The number of hydrogen-bond acceptors (Lipinski definition) is 5. The number of likely N-dealkylation sites (tertiary alicyclic amines) is 1. The van der Waals surface area contributed by atoms with Crippen LogP contribution in [-0.2, 0) is 20.9 Å². The van der Waals surface area contributed by atoms with Crippen LogP contribution in [0, 0.1) is 35.0 Å². The average molecular weight is 353 g/mol. The van der Waals surface area contributed by atoms with Gasteiger partial charge in [0, 0.05) is 6.54 Å². The second-order valence-electron chi connectivity index (χ2n) is 7.07. The number of imide groups is 1. The number of carbonyl (C=O) groups excluding carboxylic acids is 3. The number of rotatable bonds is 6. The third-order valence-electron chi connectivity index (χ3n) is 5.63. The largest absolute Gasteiger partial charge is 0.467 e. The van der Waals surface area contributed by atoms with E-state index in [0.717, 1.165) is 11.3 Å². The van der Waals surface area contributed by atoms with Crippen LogP contribution in [0.4, 0.5) is 0 Å². The molecule has 4 atom stereocenters. The molecule has 134 valence electrons. The third-order valence-corrected chi connectivity index (χ3v) is 5.63. The van der Waals surface area contributed by atoms with Gasteiger partial charge >= 0.3 is 0 Å². The molecule has 2 heterocycles. The molecule has 3 amide bonds. The van der Waals surface area contributed by atoms with Crippen molar-refractivity contribution in [1.29, 1.82) is 5.26 Å². The Labute approximate surface area is 150 Å². The Morgan fingerprint density at radius 2 is 1.96 bits per heavy atom. The van der Waals surface area contributed by atoms with E-state index in [4.69, 9.17) is 9.68 Å². The Hall–Kier alpha value is -2.88. The molecule has 7 heteroatoms. The highest BCUT2D eigenvalue weighted by molar-refractivity contribution is 6.08. The maximum absolute atomic E-state index is 12.7. The zero-order valence-electron chi connectivity index (χ0n) is 14.2. The van der Waals surface area contributed by atoms with E-state index in [0.29, 0.717) is 5.76 Å². The van der Waals surface area contributed by atoms with Gasteiger partial charge < -0.3 is 9.32 Å². The molecule has 0 unspecified atom stereocenters. The molecule has 0 spiro atoms. The maximum Gasteiger partial charge on any atom is 0.243 e. The average Bonchev–Trinajstić information content (AvgIpc) is 3.40. The standard InChI is InChI=1S/C19H19N3O4/c20-6-2-7-21(10-14-3-1-8-26-14)15(23)11-22-18(24)16-12-4-5-13(9-12)17(16)19(22)25/h1,3-5,8,12-13,16-17H,2,7,9-11H2/t12-,13-,16-,17-/m0/s1. The van der Waals surface area contributed by atoms with Gasteiger partial charge in [-0.05, 0) is 30.4 Å². The van der Waals surface area contributed by atoms with Gasteiger partial charge in [0.05, 0.1) is 37.1 Å². The summed E-state index contributed by atoms with van der Waals surface area (Å²) < 4.78 is 5.27. The Bertz CT molecular complexity index is 777. The van der Waals surface area contributed by atoms with E-state index in [1.807, 2.05) is 18.2 Å². The SMILES string of the molecule is N#CCCN(Cc1ccco1)C(=O)CN1C(=O)[C@@H]2[C@@H](C1=O)[C@H]1C=C[C@H]2C1. The second kappa shape index (κ2) is 6.45. The molecule has 2 aliphatic carbocycles. The first-order chi connectivity index (χ1) is 12.6. The van der Waals surface area contributed by atoms with Gasteiger partial charge in [-0.25, -0.2) is 0 Å². The van der Waals surface area contributed by atoms with Crippen LogP contribution in [0.5, 0.6) is 0 Å². The normalized spacial score (nSPS) is 28.5. The fourth-order valence-electron chi connectivity index (χ4n) is 4.42. The van der Waals surface area contributed by atoms with Gasteiger partial charge in [-0.15, -0.1) is 0 Å². The van der Waals surface area contributed by atoms with Crippen molar-refractivity contribution in [3.63, 3.8) is 0 Å². The van der Waals surface area contributed by atoms with Crippen molar-refractivity contribution in [2.24, 2.45) is 23.7 Å². The summed E-state index contributed by atoms with van der Waals surface area (Å²) in [7, 11) is 0. The molecular weight excluding hydrogens is 334 g/mol. The maximum atomic E-state index is 12.7. The fraction of sp³-hybridized carbons (Fsp3) is 0.474. The summed E-state index contributed by atoms with van der Waals surface area (Å²) in [4.78, 5) is 40.7. The molecule has 4 rings (SSSR count). The van der Waals surface area contributed by atoms with Crippen molar-refractivity contribution < 1.29 is 18.8 Å². The van der Waals surface area contributed by atoms with Crippen molar-refractivity contribution >= 4 is 17.7 Å². The molecule has 1 saturated heterocycles. The van der Waals surface area contributed by atoms with Gasteiger partial charge in [0.2, 0.25) is 17.7 Å². The first-order valence-electron chi connectivity index (χ1n) is 8.81. The predicted octanol–water partition coefficient (Wildman–Crippen LogP) is 1.33. The highest BCUT2D eigenvalue weighted by atomic mass is 16.3. The number of nitriles is 1. The van der Waals surface area contributed by atoms with E-state index in [9.17, 15) is 14.4 Å². The molecule has 3 aliphatic rings. The Balaban J connectivity index is 1.46. The number of carbonyl (C=O) groups is 3. The van der Waals surface area contributed by atoms with Crippen LogP contribution >= 0.6 is 0 Å². The number of hydrogen-bond donors (Lipinski definition) is 0. The summed E-state index contributed by atoms with van der Waals surface area (Å²) >= 11 is 0. The molecule has 7 nitrogen and oxygen atoms in total. The molecule has 26 heavy (non-hydrogen) atoms. The molecule has 0 radical (unpaired) electrons. The smallest absolute Gasteiger partial charge is 0.243 e. The Morgan fingerprint density at radius 3 is 2.54 bits per heavy atom. The lowest BCUT2D eigenvalue weighted by molar-refractivity contribution is -0.147. The van der Waals surface area contributed by atoms with Crippen molar-refractivity contribution in [3.8, 4) is 6.07 Å². The molecule has 1 aromatic heterocycles. The molecule has 1 aliphatic heterocycles. The number of allylic oxidation sites excluding steroid dienone is 2. The highest BCUT2D eigenvalue weighted by Gasteiger charge is 2.59. The molecule has 1 aromatic rings. The van der Waals surface area contributed by atoms with Crippen molar-refractivity contribution in [2.45, 2.75) is 19.4 Å². The van der Waals surface area contributed by atoms with Crippen LogP contribution in [0.15, 0.2) is 35.0 Å². The molecule has 0 aromatic carbocycles. The summed E-state index contributed by atoms with van der Waals surface area (Å²) in [6.07, 6.45) is 6.60. The van der Waals surface area contributed by atoms with Crippen LogP contribution in [0.2, 0.25) is 0 Å². The number of fused-ring (bicyclic) bond motifs is 5. The topological polar surface area (TPSA) is 94.6 Å². The van der Waals surface area contributed by atoms with Gasteiger partial charge in [-0.2, -0.15) is 5.26 Å². The predicted molar refractivity (Wildman–Crippen MR) is 88.8 cm³/mol. The summed E-state index contributed by atoms with van der Waals surface area (Å²) in [6.45, 7) is 0.172. The van der Waals surface area contributed by atoms with Gasteiger partial charge in [0.15, 0.2) is 0 Å². The van der Waals surface area contributed by atoms with E-state index in [2.05, 4.69) is 0 Å². The van der Waals surface area contributed by atoms with E-state index in [-0.39, 0.29) is 67.4 Å². The van der Waals surface area contributed by atoms with E-state index < -0.39 is 0 Å². The molecule has 2 fully saturated rings. The lowest BCUT2D eigenvalue weighted by Crippen LogP contribution is -2.43. The lowest BCUT2D eigenvalue weighted by atomic mass is 9.85. The summed E-state index contributed by atoms with van der Waals surface area (Å²) in [6, 6.07) is 5.48. The highest BCUT2D eigenvalue weighted by Crippen LogP contribution is 2.52. The van der Waals surface area contributed by atoms with Crippen LogP contribution in [-0.4, -0.2) is 40.6 Å². The zero-order chi connectivity index (χ0) is 18.3. The minimum absolute atomic E-state index is 0.124. The minimum Gasteiger partial charge on any atom is -0.467 e. The molecule has 2 bridgehead atoms. The fourth-order valence-corrected chi connectivity index (χ4v) is 4.42. The quantitative estimate of drug-likeness (QED) is 0.568. The van der Waals surface area contributed by atoms with Gasteiger partial charge in [-0.3, -0.25) is 19.3 Å². The molecule has 1 saturated carbocycles. The van der Waals surface area contributed by atoms with Crippen LogP contribution in [0.25, 0.3) is 0 Å². The Morgan fingerprint density at radius 1 is 1.27 bits per heavy atom. The number of amides is 3. The van der Waals surface area contributed by atoms with Crippen LogP contribution in [0.3, 0.4) is 0 Å². The zero-order valence-corrected chi connectivity index (χ0v) is 14.2. The molecular formula is C19H19N3O4. The van der Waals surface area contributed by atoms with E-state index in [1.165, 1.54) is 11.2 Å². The summed E-state index contributed by atoms with van der Waals surface area (Å²) in [5.74, 6) is -0.579. The van der Waals surface area contributed by atoms with Gasteiger partial charge in [0.25, 0.3) is 0 Å². The first-order valence-corrected chi connectivity index (χ1v) is 8.81. The van der Waals surface area contributed by atoms with Crippen LogP contribution < -0.4 is 0 Å². The number of nitrogens with zero attached hydrogens (tertiary/aromatic N) is 3. The van der Waals surface area contributed by atoms with E-state index in [1.54, 1.807) is 12.1 Å². The molecule has 0 N–H and O–H groups in total. The monoisotopic (exact) mass is 353 g/mol. The summed E-state index contributed by atoms with van der Waals surface area (Å²) in [5.41, 5.74) is 0. The van der Waals surface area contributed by atoms with E-state index >= 15 is 0 Å². The third kappa shape index (κ3) is 2.62. The van der Waals surface area contributed by atoms with Crippen molar-refractivity contribution in [1.82, 2.24) is 9.80 Å². The van der Waals surface area contributed by atoms with Crippen molar-refractivity contribution in [2.75, 3.05) is 13.1 Å². The lowest BCUT2D eigenvalue weighted by Gasteiger charge is -2.24. The van der Waals surface area contributed by atoms with Crippen molar-refractivity contribution in [3.05, 3.63) is 36.3 Å². The Kier molecular flexibility index (Phi) is 4.11. The van der Waals surface area contributed by atoms with Gasteiger partial charge in [-0.1, -0.05) is 12.2 Å². The second-order valence-corrected chi connectivity index (χ2v) is 7.07. The summed E-state index contributed by atoms with van der Waals surface area (Å²) in [5, 5.41) is 8.83. The van der Waals surface area contributed by atoms with Gasteiger partial charge in [0.1, 0.15) is 12.3 Å². The minimum atomic E-state index is -0.348. The first kappa shape index (κ1) is 16.6. The van der Waals surface area contributed by atoms with Crippen LogP contribution in [0.1, 0.15) is 18.6 Å². The number of furan rings is 1.